The van der Waals surface area contributed by atoms with Crippen molar-refractivity contribution in [1.29, 1.82) is 0 Å². The number of amides is 1. The Labute approximate surface area is 130 Å². The van der Waals surface area contributed by atoms with Crippen LogP contribution in [0.4, 0.5) is 0 Å². The van der Waals surface area contributed by atoms with Gasteiger partial charge in [-0.3, -0.25) is 4.79 Å². The Morgan fingerprint density at radius 1 is 1.18 bits per heavy atom. The number of sulfonamides is 1. The topological polar surface area (TPSA) is 66.9 Å². The van der Waals surface area contributed by atoms with Crippen molar-refractivity contribution in [3.63, 3.8) is 0 Å². The summed E-state index contributed by atoms with van der Waals surface area (Å²) in [6.45, 7) is 3.77. The number of carbonyl (C=O) groups excluding carboxylic acids is 1. The molecular weight excluding hydrogens is 304 g/mol. The first-order valence-electron chi connectivity index (χ1n) is 7.50. The summed E-state index contributed by atoms with van der Waals surface area (Å²) in [7, 11) is -3.50. The zero-order valence-corrected chi connectivity index (χ0v) is 13.4. The van der Waals surface area contributed by atoms with Crippen molar-refractivity contribution in [2.45, 2.75) is 24.7 Å². The number of nitrogens with zero attached hydrogens (tertiary/aromatic N) is 2. The maximum Gasteiger partial charge on any atom is 0.243 e. The van der Waals surface area contributed by atoms with Gasteiger partial charge in [0, 0.05) is 33.1 Å². The van der Waals surface area contributed by atoms with Crippen LogP contribution in [0.25, 0.3) is 0 Å². The second-order valence-corrected chi connectivity index (χ2v) is 7.57. The third-order valence-corrected chi connectivity index (χ3v) is 6.10. The average Bonchev–Trinajstić information content (AvgIpc) is 2.54. The van der Waals surface area contributed by atoms with Gasteiger partial charge in [-0.15, -0.1) is 0 Å². The number of ether oxygens (including phenoxy) is 1. The van der Waals surface area contributed by atoms with Crippen molar-refractivity contribution in [2.24, 2.45) is 0 Å². The van der Waals surface area contributed by atoms with Crippen molar-refractivity contribution < 1.29 is 17.9 Å². The van der Waals surface area contributed by atoms with Crippen molar-refractivity contribution >= 4 is 15.9 Å². The van der Waals surface area contributed by atoms with Gasteiger partial charge in [0.1, 0.15) is 5.75 Å². The number of benzene rings is 1. The number of fused-ring (bicyclic) bond motifs is 1. The van der Waals surface area contributed by atoms with E-state index in [9.17, 15) is 13.2 Å². The number of hydrogen-bond acceptors (Lipinski definition) is 4. The van der Waals surface area contributed by atoms with E-state index in [0.29, 0.717) is 37.7 Å². The van der Waals surface area contributed by atoms with Gasteiger partial charge in [-0.05, 0) is 36.6 Å². The van der Waals surface area contributed by atoms with Gasteiger partial charge in [-0.25, -0.2) is 8.42 Å². The first-order valence-corrected chi connectivity index (χ1v) is 8.94. The van der Waals surface area contributed by atoms with E-state index in [0.717, 1.165) is 24.2 Å². The van der Waals surface area contributed by atoms with E-state index in [1.165, 1.54) is 11.2 Å². The van der Waals surface area contributed by atoms with Gasteiger partial charge < -0.3 is 9.64 Å². The van der Waals surface area contributed by atoms with Crippen LogP contribution in [0.2, 0.25) is 0 Å². The minimum Gasteiger partial charge on any atom is -0.493 e. The fraction of sp³-hybridized carbons (Fsp3) is 0.533. The summed E-state index contributed by atoms with van der Waals surface area (Å²) in [5.74, 6) is 0.773. The SMILES string of the molecule is CC(=O)N1CCN(S(=O)(=O)c2ccc3c(c2)CCCO3)CC1. The second-order valence-electron chi connectivity index (χ2n) is 5.63. The van der Waals surface area contributed by atoms with Gasteiger partial charge in [0.2, 0.25) is 15.9 Å². The Balaban J connectivity index is 1.80. The molecule has 0 saturated carbocycles. The molecule has 0 radical (unpaired) electrons. The minimum atomic E-state index is -3.50. The van der Waals surface area contributed by atoms with E-state index in [1.54, 1.807) is 23.1 Å². The van der Waals surface area contributed by atoms with Crippen LogP contribution in [-0.2, 0) is 21.2 Å². The quantitative estimate of drug-likeness (QED) is 0.809. The zero-order valence-electron chi connectivity index (χ0n) is 12.6. The normalized spacial score (nSPS) is 19.4. The molecule has 1 fully saturated rings. The molecule has 1 amide bonds. The Kier molecular flexibility index (Phi) is 4.10. The van der Waals surface area contributed by atoms with Crippen molar-refractivity contribution in [2.75, 3.05) is 32.8 Å². The predicted molar refractivity (Wildman–Crippen MR) is 81.3 cm³/mol. The largest absolute Gasteiger partial charge is 0.493 e. The zero-order chi connectivity index (χ0) is 15.7. The number of carbonyl (C=O) groups is 1. The lowest BCUT2D eigenvalue weighted by Gasteiger charge is -2.33. The lowest BCUT2D eigenvalue weighted by Crippen LogP contribution is -2.49. The van der Waals surface area contributed by atoms with Gasteiger partial charge >= 0.3 is 0 Å². The number of piperazine rings is 1. The van der Waals surface area contributed by atoms with Crippen LogP contribution in [-0.4, -0.2) is 56.3 Å². The molecule has 1 aromatic carbocycles. The van der Waals surface area contributed by atoms with Crippen LogP contribution in [0.15, 0.2) is 23.1 Å². The third kappa shape index (κ3) is 2.83. The van der Waals surface area contributed by atoms with Crippen LogP contribution in [0.5, 0.6) is 5.75 Å². The number of rotatable bonds is 2. The van der Waals surface area contributed by atoms with E-state index in [2.05, 4.69) is 0 Å². The van der Waals surface area contributed by atoms with Crippen molar-refractivity contribution in [1.82, 2.24) is 9.21 Å². The third-order valence-electron chi connectivity index (χ3n) is 4.20. The summed E-state index contributed by atoms with van der Waals surface area (Å²) >= 11 is 0. The summed E-state index contributed by atoms with van der Waals surface area (Å²) in [6.07, 6.45) is 1.75. The summed E-state index contributed by atoms with van der Waals surface area (Å²) in [6, 6.07) is 5.07. The fourth-order valence-corrected chi connectivity index (χ4v) is 4.36. The van der Waals surface area contributed by atoms with Gasteiger partial charge in [0.05, 0.1) is 11.5 Å². The molecule has 0 spiro atoms. The van der Waals surface area contributed by atoms with E-state index in [1.807, 2.05) is 0 Å². The van der Waals surface area contributed by atoms with Crippen LogP contribution >= 0.6 is 0 Å². The highest BCUT2D eigenvalue weighted by molar-refractivity contribution is 7.89. The highest BCUT2D eigenvalue weighted by atomic mass is 32.2. The lowest BCUT2D eigenvalue weighted by atomic mass is 10.1. The van der Waals surface area contributed by atoms with Gasteiger partial charge in [-0.1, -0.05) is 0 Å². The molecule has 0 unspecified atom stereocenters. The Morgan fingerprint density at radius 2 is 1.91 bits per heavy atom. The second kappa shape index (κ2) is 5.89. The summed E-state index contributed by atoms with van der Waals surface area (Å²) in [4.78, 5) is 13.3. The fourth-order valence-electron chi connectivity index (χ4n) is 2.89. The smallest absolute Gasteiger partial charge is 0.243 e. The number of aryl methyl sites for hydroxylation is 1. The standard InChI is InChI=1S/C15H20N2O4S/c1-12(18)16-6-8-17(9-7-16)22(19,20)14-4-5-15-13(11-14)3-2-10-21-15/h4-5,11H,2-3,6-10H2,1H3. The van der Waals surface area contributed by atoms with Crippen LogP contribution in [0.1, 0.15) is 18.9 Å². The molecule has 3 rings (SSSR count). The van der Waals surface area contributed by atoms with E-state index < -0.39 is 10.0 Å². The highest BCUT2D eigenvalue weighted by Gasteiger charge is 2.29. The molecule has 120 valence electrons. The molecule has 7 heteroatoms. The Hall–Kier alpha value is -1.60. The molecular formula is C15H20N2O4S. The summed E-state index contributed by atoms with van der Waals surface area (Å²) < 4.78 is 32.4. The maximum atomic E-state index is 12.7. The minimum absolute atomic E-state index is 0.0111. The lowest BCUT2D eigenvalue weighted by molar-refractivity contribution is -0.129. The van der Waals surface area contributed by atoms with Crippen LogP contribution in [0, 0.1) is 0 Å². The van der Waals surface area contributed by atoms with Gasteiger partial charge in [0.15, 0.2) is 0 Å². The molecule has 2 aliphatic heterocycles. The highest BCUT2D eigenvalue weighted by Crippen LogP contribution is 2.28. The summed E-state index contributed by atoms with van der Waals surface area (Å²) in [5.41, 5.74) is 0.953. The van der Waals surface area contributed by atoms with Gasteiger partial charge in [0.25, 0.3) is 0 Å². The molecule has 0 N–H and O–H groups in total. The Bertz CT molecular complexity index is 679. The molecule has 1 aromatic rings. The molecule has 0 aromatic heterocycles. The molecule has 0 atom stereocenters. The predicted octanol–water partition coefficient (Wildman–Crippen LogP) is 0.864. The summed E-state index contributed by atoms with van der Waals surface area (Å²) in [5, 5.41) is 0. The molecule has 2 heterocycles. The molecule has 6 nitrogen and oxygen atoms in total. The molecule has 0 bridgehead atoms. The first-order chi connectivity index (χ1) is 10.5. The average molecular weight is 324 g/mol. The van der Waals surface area contributed by atoms with Crippen molar-refractivity contribution in [3.8, 4) is 5.75 Å². The van der Waals surface area contributed by atoms with Crippen LogP contribution in [0.3, 0.4) is 0 Å². The number of hydrogen-bond donors (Lipinski definition) is 0. The molecule has 22 heavy (non-hydrogen) atoms. The van der Waals surface area contributed by atoms with E-state index in [4.69, 9.17) is 4.74 Å². The molecule has 0 aliphatic carbocycles. The Morgan fingerprint density at radius 3 is 2.59 bits per heavy atom. The maximum absolute atomic E-state index is 12.7. The van der Waals surface area contributed by atoms with E-state index in [-0.39, 0.29) is 5.91 Å². The monoisotopic (exact) mass is 324 g/mol. The van der Waals surface area contributed by atoms with Crippen molar-refractivity contribution in [3.05, 3.63) is 23.8 Å². The van der Waals surface area contributed by atoms with E-state index >= 15 is 0 Å². The first kappa shape index (κ1) is 15.3. The van der Waals surface area contributed by atoms with Gasteiger partial charge in [-0.2, -0.15) is 4.31 Å². The molecule has 2 aliphatic rings. The van der Waals surface area contributed by atoms with Crippen LogP contribution < -0.4 is 4.74 Å². The molecule has 1 saturated heterocycles.